The average molecular weight is 326 g/mol. The zero-order valence-electron chi connectivity index (χ0n) is 12.8. The summed E-state index contributed by atoms with van der Waals surface area (Å²) in [5.41, 5.74) is 2.01. The van der Waals surface area contributed by atoms with E-state index in [1.165, 1.54) is 24.3 Å². The van der Waals surface area contributed by atoms with Crippen molar-refractivity contribution < 1.29 is 18.7 Å². The highest BCUT2D eigenvalue weighted by Gasteiger charge is 2.09. The molecule has 0 spiro atoms. The molecule has 0 aliphatic rings. The lowest BCUT2D eigenvalue weighted by atomic mass is 10.1. The van der Waals surface area contributed by atoms with Gasteiger partial charge in [0.25, 0.3) is 5.91 Å². The number of nitriles is 1. The van der Waals surface area contributed by atoms with Crippen LogP contribution in [0.1, 0.15) is 11.1 Å². The molecule has 122 valence electrons. The van der Waals surface area contributed by atoms with Crippen LogP contribution in [0.15, 0.2) is 48.5 Å². The second-order valence-electron chi connectivity index (χ2n) is 5.04. The molecule has 0 saturated heterocycles. The highest BCUT2D eigenvalue weighted by molar-refractivity contribution is 5.92. The normalized spacial score (nSPS) is 9.83. The number of ether oxygens (including phenoxy) is 1. The van der Waals surface area contributed by atoms with Gasteiger partial charge in [0.1, 0.15) is 5.82 Å². The summed E-state index contributed by atoms with van der Waals surface area (Å²) >= 11 is 0. The van der Waals surface area contributed by atoms with Crippen molar-refractivity contribution in [3.63, 3.8) is 0 Å². The predicted molar refractivity (Wildman–Crippen MR) is 85.5 cm³/mol. The van der Waals surface area contributed by atoms with Crippen molar-refractivity contribution in [2.24, 2.45) is 0 Å². The first-order chi connectivity index (χ1) is 11.6. The maximum absolute atomic E-state index is 12.8. The van der Waals surface area contributed by atoms with Crippen molar-refractivity contribution in [3.05, 3.63) is 65.5 Å². The maximum atomic E-state index is 12.8. The lowest BCUT2D eigenvalue weighted by Gasteiger charge is -2.07. The van der Waals surface area contributed by atoms with Crippen molar-refractivity contribution in [1.29, 1.82) is 5.26 Å². The van der Waals surface area contributed by atoms with Crippen LogP contribution in [0, 0.1) is 17.1 Å². The fourth-order valence-electron chi connectivity index (χ4n) is 1.96. The summed E-state index contributed by atoms with van der Waals surface area (Å²) in [5, 5.41) is 11.2. The zero-order valence-corrected chi connectivity index (χ0v) is 12.8. The van der Waals surface area contributed by atoms with Gasteiger partial charge in [-0.15, -0.1) is 0 Å². The van der Waals surface area contributed by atoms with Gasteiger partial charge in [-0.25, -0.2) is 4.39 Å². The number of hydrogen-bond donors (Lipinski definition) is 1. The first-order valence-corrected chi connectivity index (χ1v) is 7.22. The Kier molecular flexibility index (Phi) is 6.03. The Balaban J connectivity index is 1.77. The minimum Gasteiger partial charge on any atom is -0.455 e. The standard InChI is InChI=1S/C18H15FN2O3/c19-15-5-1-14(2-6-15)11-18(23)24-12-17(22)21-16-7-3-13(4-8-16)9-10-20/h1-8H,9,11-12H2,(H,21,22). The van der Waals surface area contributed by atoms with Crippen LogP contribution in [-0.4, -0.2) is 18.5 Å². The molecule has 1 amide bonds. The van der Waals surface area contributed by atoms with Gasteiger partial charge in [-0.05, 0) is 35.4 Å². The van der Waals surface area contributed by atoms with Crippen LogP contribution >= 0.6 is 0 Å². The van der Waals surface area contributed by atoms with Gasteiger partial charge < -0.3 is 10.1 Å². The van der Waals surface area contributed by atoms with Crippen molar-refractivity contribution in [2.75, 3.05) is 11.9 Å². The Bertz CT molecular complexity index is 749. The van der Waals surface area contributed by atoms with E-state index < -0.39 is 18.5 Å². The van der Waals surface area contributed by atoms with Crippen LogP contribution < -0.4 is 5.32 Å². The molecular weight excluding hydrogens is 311 g/mol. The molecule has 0 aromatic heterocycles. The third-order valence-corrected chi connectivity index (χ3v) is 3.15. The van der Waals surface area contributed by atoms with Gasteiger partial charge in [-0.3, -0.25) is 9.59 Å². The molecule has 0 fully saturated rings. The fourth-order valence-corrected chi connectivity index (χ4v) is 1.96. The molecule has 24 heavy (non-hydrogen) atoms. The highest BCUT2D eigenvalue weighted by Crippen LogP contribution is 2.10. The molecule has 0 saturated carbocycles. The molecule has 0 aliphatic heterocycles. The van der Waals surface area contributed by atoms with Crippen molar-refractivity contribution in [2.45, 2.75) is 12.8 Å². The lowest BCUT2D eigenvalue weighted by Crippen LogP contribution is -2.21. The molecular formula is C18H15FN2O3. The van der Waals surface area contributed by atoms with Crippen LogP contribution in [0.2, 0.25) is 0 Å². The van der Waals surface area contributed by atoms with Crippen LogP contribution in [0.25, 0.3) is 0 Å². The van der Waals surface area contributed by atoms with E-state index in [2.05, 4.69) is 5.32 Å². The lowest BCUT2D eigenvalue weighted by molar-refractivity contribution is -0.146. The number of benzene rings is 2. The van der Waals surface area contributed by atoms with E-state index >= 15 is 0 Å². The molecule has 0 heterocycles. The topological polar surface area (TPSA) is 79.2 Å². The van der Waals surface area contributed by atoms with Crippen molar-refractivity contribution in [1.82, 2.24) is 0 Å². The Hall–Kier alpha value is -3.20. The Morgan fingerprint density at radius 1 is 1.04 bits per heavy atom. The molecule has 2 rings (SSSR count). The van der Waals surface area contributed by atoms with E-state index in [1.807, 2.05) is 6.07 Å². The minimum absolute atomic E-state index is 0.0313. The summed E-state index contributed by atoms with van der Waals surface area (Å²) in [6.45, 7) is -0.403. The van der Waals surface area contributed by atoms with Crippen LogP contribution in [0.5, 0.6) is 0 Å². The molecule has 0 radical (unpaired) electrons. The number of anilines is 1. The van der Waals surface area contributed by atoms with E-state index in [9.17, 15) is 14.0 Å². The quantitative estimate of drug-likeness (QED) is 0.828. The van der Waals surface area contributed by atoms with E-state index in [1.54, 1.807) is 24.3 Å². The number of nitrogens with zero attached hydrogens (tertiary/aromatic N) is 1. The molecule has 2 aromatic carbocycles. The van der Waals surface area contributed by atoms with E-state index in [0.717, 1.165) is 5.56 Å². The number of amides is 1. The number of rotatable bonds is 6. The van der Waals surface area contributed by atoms with Gasteiger partial charge >= 0.3 is 5.97 Å². The monoisotopic (exact) mass is 326 g/mol. The predicted octanol–water partition coefficient (Wildman–Crippen LogP) is 2.62. The number of halogens is 1. The van der Waals surface area contributed by atoms with Gasteiger partial charge in [0.2, 0.25) is 0 Å². The second kappa shape index (κ2) is 8.44. The van der Waals surface area contributed by atoms with Crippen LogP contribution in [0.3, 0.4) is 0 Å². The van der Waals surface area contributed by atoms with Crippen LogP contribution in [0.4, 0.5) is 10.1 Å². The number of carbonyl (C=O) groups is 2. The molecule has 2 aromatic rings. The minimum atomic E-state index is -0.568. The molecule has 1 N–H and O–H groups in total. The van der Waals surface area contributed by atoms with Crippen molar-refractivity contribution in [3.8, 4) is 6.07 Å². The van der Waals surface area contributed by atoms with E-state index in [-0.39, 0.29) is 12.2 Å². The van der Waals surface area contributed by atoms with Crippen molar-refractivity contribution >= 4 is 17.6 Å². The molecule has 0 aliphatic carbocycles. The number of nitrogens with one attached hydrogen (secondary N) is 1. The first-order valence-electron chi connectivity index (χ1n) is 7.22. The summed E-state index contributed by atoms with van der Waals surface area (Å²) in [6, 6.07) is 14.3. The van der Waals surface area contributed by atoms with E-state index in [4.69, 9.17) is 10.00 Å². The highest BCUT2D eigenvalue weighted by atomic mass is 19.1. The zero-order chi connectivity index (χ0) is 17.4. The number of carbonyl (C=O) groups excluding carboxylic acids is 2. The second-order valence-corrected chi connectivity index (χ2v) is 5.04. The smallest absolute Gasteiger partial charge is 0.310 e. The van der Waals surface area contributed by atoms with E-state index in [0.29, 0.717) is 17.7 Å². The fraction of sp³-hybridized carbons (Fsp3) is 0.167. The molecule has 0 bridgehead atoms. The largest absolute Gasteiger partial charge is 0.455 e. The Morgan fingerprint density at radius 2 is 1.67 bits per heavy atom. The van der Waals surface area contributed by atoms with Crippen LogP contribution in [-0.2, 0) is 27.2 Å². The number of esters is 1. The summed E-state index contributed by atoms with van der Waals surface area (Å²) in [4.78, 5) is 23.4. The molecule has 6 heteroatoms. The average Bonchev–Trinajstić information content (AvgIpc) is 2.57. The third kappa shape index (κ3) is 5.54. The third-order valence-electron chi connectivity index (χ3n) is 3.15. The first kappa shape index (κ1) is 17.2. The Morgan fingerprint density at radius 3 is 2.29 bits per heavy atom. The summed E-state index contributed by atoms with van der Waals surface area (Å²) < 4.78 is 17.7. The number of hydrogen-bond acceptors (Lipinski definition) is 4. The molecule has 0 atom stereocenters. The SMILES string of the molecule is N#CCc1ccc(NC(=O)COC(=O)Cc2ccc(F)cc2)cc1. The van der Waals surface area contributed by atoms with Gasteiger partial charge in [-0.2, -0.15) is 5.26 Å². The molecule has 5 nitrogen and oxygen atoms in total. The van der Waals surface area contributed by atoms with Gasteiger partial charge in [0, 0.05) is 5.69 Å². The van der Waals surface area contributed by atoms with Gasteiger partial charge in [0.05, 0.1) is 18.9 Å². The maximum Gasteiger partial charge on any atom is 0.310 e. The summed E-state index contributed by atoms with van der Waals surface area (Å²) in [6.07, 6.45) is 0.269. The summed E-state index contributed by atoms with van der Waals surface area (Å²) in [7, 11) is 0. The van der Waals surface area contributed by atoms with Gasteiger partial charge in [0.15, 0.2) is 6.61 Å². The van der Waals surface area contributed by atoms with Gasteiger partial charge in [-0.1, -0.05) is 24.3 Å². The Labute approximate surface area is 138 Å². The molecule has 0 unspecified atom stereocenters. The summed E-state index contributed by atoms with van der Waals surface area (Å²) in [5.74, 6) is -1.41.